The van der Waals surface area contributed by atoms with Crippen molar-refractivity contribution in [1.29, 1.82) is 0 Å². The zero-order valence-electron chi connectivity index (χ0n) is 13.3. The third-order valence-electron chi connectivity index (χ3n) is 3.07. The lowest BCUT2D eigenvalue weighted by atomic mass is 10.1. The first-order valence-corrected chi connectivity index (χ1v) is 7.33. The first kappa shape index (κ1) is 16.7. The third kappa shape index (κ3) is 4.64. The molecule has 23 heavy (non-hydrogen) atoms. The molecule has 1 amide bonds. The van der Waals surface area contributed by atoms with E-state index in [4.69, 9.17) is 4.74 Å². The van der Waals surface area contributed by atoms with Crippen LogP contribution in [-0.4, -0.2) is 17.7 Å². The summed E-state index contributed by atoms with van der Waals surface area (Å²) < 4.78 is 19.2. The Labute approximate surface area is 135 Å². The topological polar surface area (TPSA) is 50.7 Å². The maximum absolute atomic E-state index is 13.5. The minimum atomic E-state index is -0.586. The molecule has 0 radical (unpaired) electrons. The minimum Gasteiger partial charge on any atom is -0.491 e. The molecule has 2 aromatic carbocycles. The van der Waals surface area contributed by atoms with Gasteiger partial charge in [0, 0.05) is 5.56 Å². The molecular formula is C18H19FN2O2. The van der Waals surface area contributed by atoms with Crippen LogP contribution in [0.2, 0.25) is 0 Å². The molecule has 120 valence electrons. The van der Waals surface area contributed by atoms with Crippen molar-refractivity contribution in [3.63, 3.8) is 0 Å². The Bertz CT molecular complexity index is 726. The van der Waals surface area contributed by atoms with Gasteiger partial charge in [-0.05, 0) is 45.0 Å². The molecule has 0 aromatic heterocycles. The van der Waals surface area contributed by atoms with Crippen LogP contribution in [0.1, 0.15) is 36.7 Å². The summed E-state index contributed by atoms with van der Waals surface area (Å²) in [7, 11) is 0. The second-order valence-corrected chi connectivity index (χ2v) is 5.31. The highest BCUT2D eigenvalue weighted by atomic mass is 19.1. The Hall–Kier alpha value is -2.69. The highest BCUT2D eigenvalue weighted by molar-refractivity contribution is 6.01. The average molecular weight is 314 g/mol. The number of hydrogen-bond acceptors (Lipinski definition) is 3. The van der Waals surface area contributed by atoms with Gasteiger partial charge in [0.2, 0.25) is 0 Å². The van der Waals surface area contributed by atoms with Gasteiger partial charge < -0.3 is 4.74 Å². The van der Waals surface area contributed by atoms with Gasteiger partial charge in [0.25, 0.3) is 5.91 Å². The molecule has 0 heterocycles. The Balaban J connectivity index is 2.11. The van der Waals surface area contributed by atoms with Crippen molar-refractivity contribution >= 4 is 11.6 Å². The number of halogens is 1. The fraction of sp³-hybridized carbons (Fsp3) is 0.222. The lowest BCUT2D eigenvalue weighted by Crippen LogP contribution is -2.20. The predicted octanol–water partition coefficient (Wildman–Crippen LogP) is 3.77. The van der Waals surface area contributed by atoms with Crippen LogP contribution in [0.15, 0.2) is 53.6 Å². The molecule has 0 aliphatic heterocycles. The lowest BCUT2D eigenvalue weighted by molar-refractivity contribution is 0.0951. The molecule has 0 atom stereocenters. The van der Waals surface area contributed by atoms with Crippen LogP contribution in [0.25, 0.3) is 0 Å². The molecule has 5 heteroatoms. The number of rotatable bonds is 5. The lowest BCUT2D eigenvalue weighted by Gasteiger charge is -2.11. The van der Waals surface area contributed by atoms with E-state index in [2.05, 4.69) is 10.5 Å². The molecule has 0 saturated carbocycles. The highest BCUT2D eigenvalue weighted by Crippen LogP contribution is 2.15. The van der Waals surface area contributed by atoms with Crippen molar-refractivity contribution in [2.24, 2.45) is 5.10 Å². The zero-order chi connectivity index (χ0) is 16.8. The van der Waals surface area contributed by atoms with E-state index in [1.807, 2.05) is 38.1 Å². The van der Waals surface area contributed by atoms with Crippen LogP contribution in [0.5, 0.6) is 5.75 Å². The molecule has 0 bridgehead atoms. The van der Waals surface area contributed by atoms with Crippen LogP contribution in [0.4, 0.5) is 4.39 Å². The molecule has 0 aliphatic rings. The second-order valence-electron chi connectivity index (χ2n) is 5.31. The van der Waals surface area contributed by atoms with Crippen LogP contribution in [-0.2, 0) is 0 Å². The molecule has 1 N–H and O–H groups in total. The van der Waals surface area contributed by atoms with E-state index >= 15 is 0 Å². The van der Waals surface area contributed by atoms with Gasteiger partial charge in [-0.3, -0.25) is 4.79 Å². The van der Waals surface area contributed by atoms with Gasteiger partial charge in [-0.1, -0.05) is 24.3 Å². The van der Waals surface area contributed by atoms with E-state index in [1.165, 1.54) is 18.2 Å². The fourth-order valence-corrected chi connectivity index (χ4v) is 1.97. The smallest absolute Gasteiger partial charge is 0.274 e. The number of ether oxygens (including phenoxy) is 1. The first-order valence-electron chi connectivity index (χ1n) is 7.33. The molecular weight excluding hydrogens is 295 g/mol. The Morgan fingerprint density at radius 2 is 1.91 bits per heavy atom. The van der Waals surface area contributed by atoms with E-state index in [0.29, 0.717) is 5.71 Å². The standard InChI is InChI=1S/C18H19FN2O2/c1-12(2)23-15-8-6-7-14(11-15)13(3)20-21-18(22)16-9-4-5-10-17(16)19/h4-12H,1-3H3,(H,21,22). The summed E-state index contributed by atoms with van der Waals surface area (Å²) >= 11 is 0. The second kappa shape index (κ2) is 7.54. The van der Waals surface area contributed by atoms with Crippen LogP contribution in [0, 0.1) is 5.82 Å². The van der Waals surface area contributed by atoms with Gasteiger partial charge in [0.1, 0.15) is 11.6 Å². The number of carbonyl (C=O) groups is 1. The molecule has 4 nitrogen and oxygen atoms in total. The summed E-state index contributed by atoms with van der Waals surface area (Å²) in [6.45, 7) is 5.65. The van der Waals surface area contributed by atoms with E-state index in [9.17, 15) is 9.18 Å². The Morgan fingerprint density at radius 3 is 2.61 bits per heavy atom. The summed E-state index contributed by atoms with van der Waals surface area (Å²) in [5.74, 6) is -0.435. The number of hydrogen-bond donors (Lipinski definition) is 1. The molecule has 0 unspecified atom stereocenters. The zero-order valence-corrected chi connectivity index (χ0v) is 13.3. The largest absolute Gasteiger partial charge is 0.491 e. The van der Waals surface area contributed by atoms with Crippen molar-refractivity contribution in [3.05, 3.63) is 65.5 Å². The van der Waals surface area contributed by atoms with E-state index < -0.39 is 11.7 Å². The van der Waals surface area contributed by atoms with Crippen molar-refractivity contribution < 1.29 is 13.9 Å². The predicted molar refractivity (Wildman–Crippen MR) is 88.3 cm³/mol. The monoisotopic (exact) mass is 314 g/mol. The SMILES string of the molecule is CC(=NNC(=O)c1ccccc1F)c1cccc(OC(C)C)c1. The summed E-state index contributed by atoms with van der Waals surface area (Å²) in [5.41, 5.74) is 3.74. The van der Waals surface area contributed by atoms with E-state index in [1.54, 1.807) is 13.0 Å². The van der Waals surface area contributed by atoms with Crippen molar-refractivity contribution in [3.8, 4) is 5.75 Å². The normalized spacial score (nSPS) is 11.4. The molecule has 0 spiro atoms. The first-order chi connectivity index (χ1) is 11.0. The quantitative estimate of drug-likeness (QED) is 0.674. The summed E-state index contributed by atoms with van der Waals surface area (Å²) in [6, 6.07) is 13.2. The van der Waals surface area contributed by atoms with Crippen LogP contribution in [0.3, 0.4) is 0 Å². The summed E-state index contributed by atoms with van der Waals surface area (Å²) in [6.07, 6.45) is 0.0725. The van der Waals surface area contributed by atoms with Gasteiger partial charge >= 0.3 is 0 Å². The summed E-state index contributed by atoms with van der Waals surface area (Å²) in [4.78, 5) is 11.9. The summed E-state index contributed by atoms with van der Waals surface area (Å²) in [5, 5.41) is 4.03. The van der Waals surface area contributed by atoms with Crippen LogP contribution < -0.4 is 10.2 Å². The minimum absolute atomic E-state index is 0.0408. The average Bonchev–Trinajstić information content (AvgIpc) is 2.52. The van der Waals surface area contributed by atoms with Gasteiger partial charge in [0.15, 0.2) is 0 Å². The number of nitrogens with one attached hydrogen (secondary N) is 1. The Kier molecular flexibility index (Phi) is 5.46. The molecule has 2 rings (SSSR count). The highest BCUT2D eigenvalue weighted by Gasteiger charge is 2.10. The number of hydrazone groups is 1. The fourth-order valence-electron chi connectivity index (χ4n) is 1.97. The van der Waals surface area contributed by atoms with Crippen molar-refractivity contribution in [1.82, 2.24) is 5.43 Å². The maximum atomic E-state index is 13.5. The van der Waals surface area contributed by atoms with E-state index in [-0.39, 0.29) is 11.7 Å². The van der Waals surface area contributed by atoms with Crippen molar-refractivity contribution in [2.45, 2.75) is 26.9 Å². The molecule has 0 aliphatic carbocycles. The molecule has 0 saturated heterocycles. The van der Waals surface area contributed by atoms with Gasteiger partial charge in [-0.2, -0.15) is 5.10 Å². The Morgan fingerprint density at radius 1 is 1.17 bits per heavy atom. The van der Waals surface area contributed by atoms with Gasteiger partial charge in [-0.15, -0.1) is 0 Å². The molecule has 0 fully saturated rings. The maximum Gasteiger partial charge on any atom is 0.274 e. The number of nitrogens with zero attached hydrogens (tertiary/aromatic N) is 1. The van der Waals surface area contributed by atoms with Crippen molar-refractivity contribution in [2.75, 3.05) is 0 Å². The molecule has 2 aromatic rings. The number of amides is 1. The van der Waals surface area contributed by atoms with Crippen LogP contribution >= 0.6 is 0 Å². The van der Waals surface area contributed by atoms with Gasteiger partial charge in [0.05, 0.1) is 17.4 Å². The number of benzene rings is 2. The van der Waals surface area contributed by atoms with Gasteiger partial charge in [-0.25, -0.2) is 9.82 Å². The number of carbonyl (C=O) groups excluding carboxylic acids is 1. The van der Waals surface area contributed by atoms with E-state index in [0.717, 1.165) is 11.3 Å². The third-order valence-corrected chi connectivity index (χ3v) is 3.07.